The van der Waals surface area contributed by atoms with Gasteiger partial charge in [0.25, 0.3) is 0 Å². The predicted octanol–water partition coefficient (Wildman–Crippen LogP) is 1.53. The molecule has 4 heteroatoms. The smallest absolute Gasteiger partial charge is 0.310 e. The monoisotopic (exact) mass is 222 g/mol. The van der Waals surface area contributed by atoms with E-state index >= 15 is 0 Å². The fourth-order valence-corrected chi connectivity index (χ4v) is 1.45. The number of hydrogen-bond acceptors (Lipinski definition) is 4. The first-order valence-electron chi connectivity index (χ1n) is 4.82. The van der Waals surface area contributed by atoms with Gasteiger partial charge >= 0.3 is 5.97 Å². The van der Waals surface area contributed by atoms with Crippen LogP contribution in [0.15, 0.2) is 12.1 Å². The number of aryl methyl sites for hydroxylation is 1. The zero-order valence-electron chi connectivity index (χ0n) is 9.57. The largest absolute Gasteiger partial charge is 0.496 e. The molecule has 0 radical (unpaired) electrons. The van der Waals surface area contributed by atoms with Crippen LogP contribution in [0.5, 0.6) is 5.75 Å². The van der Waals surface area contributed by atoms with Crippen molar-refractivity contribution in [2.75, 3.05) is 14.2 Å². The van der Waals surface area contributed by atoms with E-state index in [0.29, 0.717) is 11.3 Å². The van der Waals surface area contributed by atoms with Crippen LogP contribution in [0.2, 0.25) is 0 Å². The normalized spacial score (nSPS) is 9.69. The van der Waals surface area contributed by atoms with Crippen LogP contribution in [0.3, 0.4) is 0 Å². The van der Waals surface area contributed by atoms with E-state index in [1.165, 1.54) is 14.2 Å². The molecule has 0 amide bonds. The Labute approximate surface area is 94.2 Å². The molecule has 0 N–H and O–H groups in total. The van der Waals surface area contributed by atoms with Crippen molar-refractivity contribution in [3.63, 3.8) is 0 Å². The summed E-state index contributed by atoms with van der Waals surface area (Å²) < 4.78 is 9.71. The molecular formula is C12H14O4. The first-order valence-corrected chi connectivity index (χ1v) is 4.82. The van der Waals surface area contributed by atoms with Gasteiger partial charge < -0.3 is 9.47 Å². The van der Waals surface area contributed by atoms with Crippen molar-refractivity contribution in [1.82, 2.24) is 0 Å². The number of methoxy groups -OCH3 is 2. The van der Waals surface area contributed by atoms with Crippen molar-refractivity contribution >= 4 is 12.3 Å². The highest BCUT2D eigenvalue weighted by molar-refractivity contribution is 5.80. The molecule has 1 aromatic rings. The van der Waals surface area contributed by atoms with Crippen LogP contribution < -0.4 is 4.74 Å². The Morgan fingerprint density at radius 1 is 1.38 bits per heavy atom. The molecular weight excluding hydrogens is 208 g/mol. The fraction of sp³-hybridized carbons (Fsp3) is 0.333. The number of carbonyl (C=O) groups excluding carboxylic acids is 2. The van der Waals surface area contributed by atoms with Crippen LogP contribution >= 0.6 is 0 Å². The molecule has 0 aliphatic carbocycles. The lowest BCUT2D eigenvalue weighted by atomic mass is 10.0. The lowest BCUT2D eigenvalue weighted by Gasteiger charge is -2.10. The van der Waals surface area contributed by atoms with Gasteiger partial charge in [-0.3, -0.25) is 9.59 Å². The van der Waals surface area contributed by atoms with Crippen molar-refractivity contribution in [3.8, 4) is 5.75 Å². The third-order valence-electron chi connectivity index (χ3n) is 2.36. The van der Waals surface area contributed by atoms with Crippen LogP contribution in [-0.4, -0.2) is 26.5 Å². The summed E-state index contributed by atoms with van der Waals surface area (Å²) in [5.41, 5.74) is 2.10. The zero-order chi connectivity index (χ0) is 12.1. The molecule has 1 rings (SSSR count). The lowest BCUT2D eigenvalue weighted by molar-refractivity contribution is -0.139. The van der Waals surface area contributed by atoms with E-state index in [2.05, 4.69) is 4.74 Å². The quantitative estimate of drug-likeness (QED) is 0.572. The van der Waals surface area contributed by atoms with Gasteiger partial charge in [0.2, 0.25) is 0 Å². The second-order valence-corrected chi connectivity index (χ2v) is 3.39. The average Bonchev–Trinajstić information content (AvgIpc) is 2.29. The van der Waals surface area contributed by atoms with E-state index < -0.39 is 0 Å². The highest BCUT2D eigenvalue weighted by Crippen LogP contribution is 2.23. The van der Waals surface area contributed by atoms with E-state index in [9.17, 15) is 9.59 Å². The predicted molar refractivity (Wildman–Crippen MR) is 58.8 cm³/mol. The summed E-state index contributed by atoms with van der Waals surface area (Å²) in [6.45, 7) is 1.81. The van der Waals surface area contributed by atoms with E-state index in [0.717, 1.165) is 17.4 Å². The maximum atomic E-state index is 11.2. The second-order valence-electron chi connectivity index (χ2n) is 3.39. The number of aldehydes is 1. The van der Waals surface area contributed by atoms with Crippen molar-refractivity contribution in [3.05, 3.63) is 28.8 Å². The van der Waals surface area contributed by atoms with Gasteiger partial charge in [0, 0.05) is 11.1 Å². The molecule has 0 saturated carbocycles. The van der Waals surface area contributed by atoms with Gasteiger partial charge in [-0.1, -0.05) is 6.07 Å². The second kappa shape index (κ2) is 5.30. The highest BCUT2D eigenvalue weighted by atomic mass is 16.5. The molecule has 4 nitrogen and oxygen atoms in total. The summed E-state index contributed by atoms with van der Waals surface area (Å²) >= 11 is 0. The summed E-state index contributed by atoms with van der Waals surface area (Å²) in [4.78, 5) is 21.9. The Hall–Kier alpha value is -1.84. The minimum atomic E-state index is -0.337. The SMILES string of the molecule is COC(=O)Cc1cc(C)c(C=O)cc1OC. The molecule has 16 heavy (non-hydrogen) atoms. The topological polar surface area (TPSA) is 52.6 Å². The van der Waals surface area contributed by atoms with Gasteiger partial charge in [-0.15, -0.1) is 0 Å². The Morgan fingerprint density at radius 3 is 2.56 bits per heavy atom. The summed E-state index contributed by atoms with van der Waals surface area (Å²) in [5, 5.41) is 0. The van der Waals surface area contributed by atoms with E-state index in [4.69, 9.17) is 4.74 Å². The van der Waals surface area contributed by atoms with Gasteiger partial charge in [-0.2, -0.15) is 0 Å². The lowest BCUT2D eigenvalue weighted by Crippen LogP contribution is -2.07. The molecule has 0 fully saturated rings. The van der Waals surface area contributed by atoms with Crippen LogP contribution in [0, 0.1) is 6.92 Å². The van der Waals surface area contributed by atoms with E-state index in [1.54, 1.807) is 12.1 Å². The van der Waals surface area contributed by atoms with Crippen LogP contribution in [-0.2, 0) is 16.0 Å². The van der Waals surface area contributed by atoms with Crippen LogP contribution in [0.4, 0.5) is 0 Å². The summed E-state index contributed by atoms with van der Waals surface area (Å²) in [7, 11) is 2.83. The highest BCUT2D eigenvalue weighted by Gasteiger charge is 2.11. The zero-order valence-corrected chi connectivity index (χ0v) is 9.57. The Balaban J connectivity index is 3.12. The first kappa shape index (κ1) is 12.2. The molecule has 86 valence electrons. The maximum absolute atomic E-state index is 11.2. The molecule has 0 unspecified atom stereocenters. The molecule has 1 aromatic carbocycles. The molecule has 0 aliphatic heterocycles. The van der Waals surface area contributed by atoms with E-state index in [-0.39, 0.29) is 12.4 Å². The number of carbonyl (C=O) groups is 2. The van der Waals surface area contributed by atoms with Gasteiger partial charge in [-0.25, -0.2) is 0 Å². The van der Waals surface area contributed by atoms with Crippen molar-refractivity contribution < 1.29 is 19.1 Å². The van der Waals surface area contributed by atoms with E-state index in [1.807, 2.05) is 6.92 Å². The molecule has 0 aliphatic rings. The first-order chi connectivity index (χ1) is 7.62. The van der Waals surface area contributed by atoms with Gasteiger partial charge in [0.15, 0.2) is 0 Å². The van der Waals surface area contributed by atoms with Gasteiger partial charge in [0.1, 0.15) is 12.0 Å². The van der Waals surface area contributed by atoms with Crippen LogP contribution in [0.1, 0.15) is 21.5 Å². The third kappa shape index (κ3) is 2.59. The number of hydrogen-bond donors (Lipinski definition) is 0. The number of ether oxygens (including phenoxy) is 2. The molecule has 0 bridgehead atoms. The average molecular weight is 222 g/mol. The Kier molecular flexibility index (Phi) is 4.05. The minimum absolute atomic E-state index is 0.139. The molecule has 0 atom stereocenters. The van der Waals surface area contributed by atoms with Gasteiger partial charge in [-0.05, 0) is 18.6 Å². The number of benzene rings is 1. The maximum Gasteiger partial charge on any atom is 0.310 e. The molecule has 0 saturated heterocycles. The standard InChI is InChI=1S/C12H14O4/c1-8-4-9(6-12(14)16-3)11(15-2)5-10(8)7-13/h4-5,7H,6H2,1-3H3. The summed E-state index contributed by atoms with van der Waals surface area (Å²) in [6.07, 6.45) is 0.902. The summed E-state index contributed by atoms with van der Waals surface area (Å²) in [6, 6.07) is 3.39. The Morgan fingerprint density at radius 2 is 2.06 bits per heavy atom. The fourth-order valence-electron chi connectivity index (χ4n) is 1.45. The Bertz CT molecular complexity index is 410. The van der Waals surface area contributed by atoms with Crippen molar-refractivity contribution in [1.29, 1.82) is 0 Å². The minimum Gasteiger partial charge on any atom is -0.496 e. The van der Waals surface area contributed by atoms with Crippen molar-refractivity contribution in [2.45, 2.75) is 13.3 Å². The third-order valence-corrected chi connectivity index (χ3v) is 2.36. The molecule has 0 heterocycles. The molecule has 0 aromatic heterocycles. The van der Waals surface area contributed by atoms with Crippen molar-refractivity contribution in [2.24, 2.45) is 0 Å². The molecule has 0 spiro atoms. The van der Waals surface area contributed by atoms with Gasteiger partial charge in [0.05, 0.1) is 20.6 Å². The van der Waals surface area contributed by atoms with Crippen LogP contribution in [0.25, 0.3) is 0 Å². The number of esters is 1. The number of rotatable bonds is 4. The summed E-state index contributed by atoms with van der Waals surface area (Å²) in [5.74, 6) is 0.189.